The second-order valence-corrected chi connectivity index (χ2v) is 3.93. The number of pyridine rings is 1. The molecular formula is C11H17FN2. The van der Waals surface area contributed by atoms with E-state index in [4.69, 9.17) is 0 Å². The van der Waals surface area contributed by atoms with Gasteiger partial charge < -0.3 is 4.90 Å². The molecule has 0 radical (unpaired) electrons. The van der Waals surface area contributed by atoms with Gasteiger partial charge in [0, 0.05) is 31.0 Å². The van der Waals surface area contributed by atoms with E-state index in [1.807, 2.05) is 13.1 Å². The normalized spacial score (nSPS) is 13.0. The summed E-state index contributed by atoms with van der Waals surface area (Å²) in [5, 5.41) is 0. The molecule has 1 aromatic heterocycles. The van der Waals surface area contributed by atoms with Crippen molar-refractivity contribution in [2.45, 2.75) is 26.8 Å². The van der Waals surface area contributed by atoms with Gasteiger partial charge in [-0.05, 0) is 18.9 Å². The van der Waals surface area contributed by atoms with Crippen LogP contribution in [0.4, 0.5) is 10.1 Å². The summed E-state index contributed by atoms with van der Waals surface area (Å²) in [4.78, 5) is 5.60. The minimum Gasteiger partial charge on any atom is -0.371 e. The molecule has 0 aliphatic heterocycles. The van der Waals surface area contributed by atoms with Gasteiger partial charge in [-0.15, -0.1) is 0 Å². The van der Waals surface area contributed by atoms with E-state index in [0.29, 0.717) is 12.0 Å². The summed E-state index contributed by atoms with van der Waals surface area (Å²) in [6.45, 7) is 6.43. The Morgan fingerprint density at radius 3 is 2.50 bits per heavy atom. The highest BCUT2D eigenvalue weighted by Gasteiger charge is 2.13. The lowest BCUT2D eigenvalue weighted by Gasteiger charge is -2.29. The standard InChI is InChI=1S/C11H17FN2/c1-8(2)9(3)14(4)10-5-6-13-11(12)7-10/h5-9H,1-4H3. The zero-order valence-corrected chi connectivity index (χ0v) is 9.16. The molecule has 1 heterocycles. The van der Waals surface area contributed by atoms with Crippen LogP contribution in [0, 0.1) is 11.9 Å². The molecule has 0 bridgehead atoms. The largest absolute Gasteiger partial charge is 0.371 e. The van der Waals surface area contributed by atoms with E-state index in [0.717, 1.165) is 5.69 Å². The number of anilines is 1. The first-order valence-electron chi connectivity index (χ1n) is 4.86. The highest BCUT2D eigenvalue weighted by molar-refractivity contribution is 5.44. The Bertz CT molecular complexity index is 299. The maximum Gasteiger partial charge on any atom is 0.214 e. The van der Waals surface area contributed by atoms with Crippen molar-refractivity contribution in [1.82, 2.24) is 4.98 Å². The first kappa shape index (κ1) is 11.0. The summed E-state index contributed by atoms with van der Waals surface area (Å²) in [7, 11) is 1.97. The van der Waals surface area contributed by atoms with Crippen molar-refractivity contribution in [2.24, 2.45) is 5.92 Å². The van der Waals surface area contributed by atoms with Gasteiger partial charge in [0.05, 0.1) is 0 Å². The van der Waals surface area contributed by atoms with Crippen molar-refractivity contribution in [2.75, 3.05) is 11.9 Å². The van der Waals surface area contributed by atoms with Gasteiger partial charge in [-0.2, -0.15) is 4.39 Å². The molecule has 0 saturated carbocycles. The van der Waals surface area contributed by atoms with Gasteiger partial charge in [-0.1, -0.05) is 13.8 Å². The summed E-state index contributed by atoms with van der Waals surface area (Å²) >= 11 is 0. The van der Waals surface area contributed by atoms with E-state index in [2.05, 4.69) is 30.7 Å². The molecule has 0 saturated heterocycles. The zero-order valence-electron chi connectivity index (χ0n) is 9.16. The monoisotopic (exact) mass is 196 g/mol. The molecule has 1 atom stereocenters. The zero-order chi connectivity index (χ0) is 10.7. The fourth-order valence-corrected chi connectivity index (χ4v) is 1.29. The van der Waals surface area contributed by atoms with Crippen LogP contribution in [0.2, 0.25) is 0 Å². The predicted molar refractivity (Wildman–Crippen MR) is 56.9 cm³/mol. The first-order chi connectivity index (χ1) is 6.52. The van der Waals surface area contributed by atoms with Crippen molar-refractivity contribution >= 4 is 5.69 Å². The number of rotatable bonds is 3. The van der Waals surface area contributed by atoms with E-state index >= 15 is 0 Å². The maximum absolute atomic E-state index is 12.9. The maximum atomic E-state index is 12.9. The van der Waals surface area contributed by atoms with Gasteiger partial charge in [-0.25, -0.2) is 4.98 Å². The minimum atomic E-state index is -0.426. The van der Waals surface area contributed by atoms with Crippen LogP contribution < -0.4 is 4.90 Å². The second kappa shape index (κ2) is 4.40. The SMILES string of the molecule is CC(C)C(C)N(C)c1ccnc(F)c1. The van der Waals surface area contributed by atoms with Crippen molar-refractivity contribution in [1.29, 1.82) is 0 Å². The van der Waals surface area contributed by atoms with E-state index in [9.17, 15) is 4.39 Å². The van der Waals surface area contributed by atoms with Crippen LogP contribution >= 0.6 is 0 Å². The molecule has 1 rings (SSSR count). The molecule has 14 heavy (non-hydrogen) atoms. The first-order valence-corrected chi connectivity index (χ1v) is 4.86. The molecule has 0 fully saturated rings. The molecule has 78 valence electrons. The van der Waals surface area contributed by atoms with Crippen molar-refractivity contribution in [3.8, 4) is 0 Å². The van der Waals surface area contributed by atoms with Gasteiger partial charge in [0.2, 0.25) is 5.95 Å². The quantitative estimate of drug-likeness (QED) is 0.691. The van der Waals surface area contributed by atoms with Crippen LogP contribution in [0.5, 0.6) is 0 Å². The lowest BCUT2D eigenvalue weighted by molar-refractivity contribution is 0.503. The fraction of sp³-hybridized carbons (Fsp3) is 0.545. The smallest absolute Gasteiger partial charge is 0.214 e. The van der Waals surface area contributed by atoms with Gasteiger partial charge in [0.1, 0.15) is 0 Å². The predicted octanol–water partition coefficient (Wildman–Crippen LogP) is 2.70. The lowest BCUT2D eigenvalue weighted by Crippen LogP contribution is -2.33. The van der Waals surface area contributed by atoms with Crippen LogP contribution in [0.3, 0.4) is 0 Å². The molecule has 3 heteroatoms. The lowest BCUT2D eigenvalue weighted by atomic mass is 10.0. The molecule has 2 nitrogen and oxygen atoms in total. The molecular weight excluding hydrogens is 179 g/mol. The minimum absolute atomic E-state index is 0.386. The Morgan fingerprint density at radius 1 is 1.36 bits per heavy atom. The third kappa shape index (κ3) is 2.44. The number of hydrogen-bond donors (Lipinski definition) is 0. The van der Waals surface area contributed by atoms with Gasteiger partial charge in [0.15, 0.2) is 0 Å². The van der Waals surface area contributed by atoms with Crippen LogP contribution in [0.25, 0.3) is 0 Å². The molecule has 0 amide bonds. The highest BCUT2D eigenvalue weighted by Crippen LogP contribution is 2.18. The van der Waals surface area contributed by atoms with Crippen molar-refractivity contribution in [3.63, 3.8) is 0 Å². The average molecular weight is 196 g/mol. The summed E-state index contributed by atoms with van der Waals surface area (Å²) in [5.74, 6) is 0.113. The molecule has 0 aliphatic carbocycles. The number of halogens is 1. The molecule has 0 N–H and O–H groups in total. The van der Waals surface area contributed by atoms with E-state index in [1.165, 1.54) is 12.3 Å². The van der Waals surface area contributed by atoms with Crippen LogP contribution in [0.15, 0.2) is 18.3 Å². The van der Waals surface area contributed by atoms with Crippen LogP contribution in [-0.2, 0) is 0 Å². The van der Waals surface area contributed by atoms with E-state index in [1.54, 1.807) is 0 Å². The van der Waals surface area contributed by atoms with Crippen molar-refractivity contribution < 1.29 is 4.39 Å². The van der Waals surface area contributed by atoms with Crippen LogP contribution in [-0.4, -0.2) is 18.1 Å². The second-order valence-electron chi connectivity index (χ2n) is 3.93. The van der Waals surface area contributed by atoms with Gasteiger partial charge in [0.25, 0.3) is 0 Å². The summed E-state index contributed by atoms with van der Waals surface area (Å²) in [6.07, 6.45) is 1.49. The molecule has 1 aromatic rings. The van der Waals surface area contributed by atoms with E-state index < -0.39 is 5.95 Å². The van der Waals surface area contributed by atoms with Gasteiger partial charge >= 0.3 is 0 Å². The number of hydrogen-bond acceptors (Lipinski definition) is 2. The fourth-order valence-electron chi connectivity index (χ4n) is 1.29. The molecule has 0 aliphatic rings. The summed E-state index contributed by atoms with van der Waals surface area (Å²) < 4.78 is 12.9. The van der Waals surface area contributed by atoms with Gasteiger partial charge in [-0.3, -0.25) is 0 Å². The third-order valence-electron chi connectivity index (χ3n) is 2.69. The topological polar surface area (TPSA) is 16.1 Å². The Kier molecular flexibility index (Phi) is 3.44. The third-order valence-corrected chi connectivity index (χ3v) is 2.69. The average Bonchev–Trinajstić information content (AvgIpc) is 2.15. The van der Waals surface area contributed by atoms with Crippen molar-refractivity contribution in [3.05, 3.63) is 24.3 Å². The Balaban J connectivity index is 2.83. The Hall–Kier alpha value is -1.12. The van der Waals surface area contributed by atoms with E-state index in [-0.39, 0.29) is 0 Å². The molecule has 0 aromatic carbocycles. The summed E-state index contributed by atoms with van der Waals surface area (Å²) in [6, 6.07) is 3.66. The number of aromatic nitrogens is 1. The van der Waals surface area contributed by atoms with Crippen LogP contribution in [0.1, 0.15) is 20.8 Å². The Morgan fingerprint density at radius 2 is 2.00 bits per heavy atom. The molecule has 1 unspecified atom stereocenters. The summed E-state index contributed by atoms with van der Waals surface area (Å²) in [5.41, 5.74) is 0.874. The Labute approximate surface area is 84.8 Å². The highest BCUT2D eigenvalue weighted by atomic mass is 19.1. The molecule has 0 spiro atoms. The number of nitrogens with zero attached hydrogens (tertiary/aromatic N) is 2.